The molecule has 0 bridgehead atoms. The van der Waals surface area contributed by atoms with Crippen molar-refractivity contribution < 1.29 is 14.1 Å². The van der Waals surface area contributed by atoms with Crippen molar-refractivity contribution in [3.8, 4) is 0 Å². The minimum Gasteiger partial charge on any atom is -0.378 e. The summed E-state index contributed by atoms with van der Waals surface area (Å²) in [6.07, 6.45) is 0. The van der Waals surface area contributed by atoms with Gasteiger partial charge >= 0.3 is 5.69 Å². The first-order chi connectivity index (χ1) is 12.1. The number of para-hydroxylation sites is 1. The van der Waals surface area contributed by atoms with Gasteiger partial charge in [0.2, 0.25) is 5.82 Å². The van der Waals surface area contributed by atoms with Crippen molar-refractivity contribution >= 4 is 33.0 Å². The highest BCUT2D eigenvalue weighted by Gasteiger charge is 2.20. The Balaban J connectivity index is 1.84. The average molecular weight is 410 g/mol. The number of nitro benzene ring substituents is 1. The maximum Gasteiger partial charge on any atom is 0.327 e. The molecule has 3 rings (SSSR count). The molecule has 1 saturated heterocycles. The summed E-state index contributed by atoms with van der Waals surface area (Å²) in [6.45, 7) is 3.24. The van der Waals surface area contributed by atoms with Gasteiger partial charge in [-0.25, -0.2) is 0 Å². The van der Waals surface area contributed by atoms with Gasteiger partial charge in [-0.3, -0.25) is 10.1 Å². The molecule has 2 aromatic carbocycles. The lowest BCUT2D eigenvalue weighted by atomic mass is 10.1. The van der Waals surface area contributed by atoms with E-state index in [0.29, 0.717) is 19.8 Å². The monoisotopic (exact) mass is 409 g/mol. The minimum atomic E-state index is -0.848. The summed E-state index contributed by atoms with van der Waals surface area (Å²) in [7, 11) is 0. The third-order valence-electron chi connectivity index (χ3n) is 4.04. The van der Waals surface area contributed by atoms with E-state index < -0.39 is 16.4 Å². The van der Waals surface area contributed by atoms with E-state index in [1.54, 1.807) is 0 Å². The number of rotatable bonds is 5. The lowest BCUT2D eigenvalue weighted by molar-refractivity contribution is -0.386. The summed E-state index contributed by atoms with van der Waals surface area (Å²) >= 11 is 3.48. The predicted octanol–water partition coefficient (Wildman–Crippen LogP) is 3.95. The van der Waals surface area contributed by atoms with E-state index >= 15 is 0 Å². The van der Waals surface area contributed by atoms with Gasteiger partial charge < -0.3 is 15.0 Å². The van der Waals surface area contributed by atoms with Crippen molar-refractivity contribution in [3.05, 3.63) is 62.4 Å². The molecular weight excluding hydrogens is 393 g/mol. The van der Waals surface area contributed by atoms with Crippen molar-refractivity contribution in [3.63, 3.8) is 0 Å². The molecule has 132 valence electrons. The summed E-state index contributed by atoms with van der Waals surface area (Å²) in [5.74, 6) is -0.848. The summed E-state index contributed by atoms with van der Waals surface area (Å²) in [5.41, 5.74) is 1.64. The van der Waals surface area contributed by atoms with Crippen LogP contribution >= 0.6 is 15.9 Å². The summed E-state index contributed by atoms with van der Waals surface area (Å²) < 4.78 is 20.1. The van der Waals surface area contributed by atoms with Gasteiger partial charge in [0.05, 0.1) is 18.1 Å². The second kappa shape index (κ2) is 7.79. The van der Waals surface area contributed by atoms with Crippen LogP contribution in [0.25, 0.3) is 0 Å². The number of morpholine rings is 1. The number of hydrogen-bond acceptors (Lipinski definition) is 5. The number of hydrogen-bond donors (Lipinski definition) is 1. The molecule has 1 N–H and O–H groups in total. The molecule has 6 nitrogen and oxygen atoms in total. The van der Waals surface area contributed by atoms with Gasteiger partial charge in [-0.1, -0.05) is 28.1 Å². The number of ether oxygens (including phenoxy) is 1. The molecule has 1 aliphatic heterocycles. The molecule has 1 heterocycles. The largest absolute Gasteiger partial charge is 0.378 e. The summed E-state index contributed by atoms with van der Waals surface area (Å²) in [4.78, 5) is 12.6. The smallest absolute Gasteiger partial charge is 0.327 e. The molecule has 0 aliphatic carbocycles. The Hall–Kier alpha value is -2.19. The molecule has 0 saturated carbocycles. The van der Waals surface area contributed by atoms with E-state index in [1.807, 2.05) is 18.2 Å². The molecule has 0 aromatic heterocycles. The zero-order chi connectivity index (χ0) is 17.8. The highest BCUT2D eigenvalue weighted by Crippen LogP contribution is 2.30. The van der Waals surface area contributed by atoms with Crippen LogP contribution in [0.15, 0.2) is 40.9 Å². The van der Waals surface area contributed by atoms with Crippen LogP contribution in [0.5, 0.6) is 0 Å². The van der Waals surface area contributed by atoms with E-state index in [2.05, 4.69) is 26.1 Å². The van der Waals surface area contributed by atoms with Crippen molar-refractivity contribution in [2.24, 2.45) is 0 Å². The highest BCUT2D eigenvalue weighted by molar-refractivity contribution is 9.10. The van der Waals surface area contributed by atoms with Gasteiger partial charge in [0.1, 0.15) is 5.69 Å². The maximum atomic E-state index is 13.7. The number of nitrogens with one attached hydrogen (secondary N) is 1. The fourth-order valence-electron chi connectivity index (χ4n) is 2.82. The van der Waals surface area contributed by atoms with Gasteiger partial charge in [0, 0.05) is 29.8 Å². The first-order valence-electron chi connectivity index (χ1n) is 7.84. The Bertz CT molecular complexity index is 782. The quantitative estimate of drug-likeness (QED) is 0.598. The van der Waals surface area contributed by atoms with E-state index in [1.165, 1.54) is 12.1 Å². The first-order valence-corrected chi connectivity index (χ1v) is 8.63. The molecule has 1 fully saturated rings. The molecule has 8 heteroatoms. The van der Waals surface area contributed by atoms with Crippen molar-refractivity contribution in [2.75, 3.05) is 36.5 Å². The number of nitro groups is 1. The second-order valence-corrected chi connectivity index (χ2v) is 6.53. The number of benzene rings is 2. The van der Waals surface area contributed by atoms with Gasteiger partial charge in [-0.05, 0) is 29.8 Å². The van der Waals surface area contributed by atoms with Crippen molar-refractivity contribution in [1.82, 2.24) is 0 Å². The molecule has 25 heavy (non-hydrogen) atoms. The summed E-state index contributed by atoms with van der Waals surface area (Å²) in [6, 6.07) is 9.93. The number of nitrogens with zero attached hydrogens (tertiary/aromatic N) is 2. The van der Waals surface area contributed by atoms with Gasteiger partial charge in [0.15, 0.2) is 0 Å². The van der Waals surface area contributed by atoms with Crippen LogP contribution in [-0.4, -0.2) is 31.2 Å². The van der Waals surface area contributed by atoms with Crippen LogP contribution in [0.2, 0.25) is 0 Å². The molecule has 0 unspecified atom stereocenters. The Morgan fingerprint density at radius 2 is 2.04 bits per heavy atom. The van der Waals surface area contributed by atoms with Gasteiger partial charge in [0.25, 0.3) is 0 Å². The first kappa shape index (κ1) is 17.6. The normalized spacial score (nSPS) is 14.4. The van der Waals surface area contributed by atoms with Crippen LogP contribution in [-0.2, 0) is 11.3 Å². The predicted molar refractivity (Wildman–Crippen MR) is 97.6 cm³/mol. The van der Waals surface area contributed by atoms with Crippen LogP contribution in [0, 0.1) is 15.9 Å². The van der Waals surface area contributed by atoms with Crippen LogP contribution in [0.1, 0.15) is 5.56 Å². The van der Waals surface area contributed by atoms with Gasteiger partial charge in [-0.2, -0.15) is 4.39 Å². The second-order valence-electron chi connectivity index (χ2n) is 5.62. The molecule has 0 spiro atoms. The Kier molecular flexibility index (Phi) is 5.50. The van der Waals surface area contributed by atoms with Crippen LogP contribution in [0.4, 0.5) is 21.5 Å². The molecule has 1 aliphatic rings. The highest BCUT2D eigenvalue weighted by atomic mass is 79.9. The van der Waals surface area contributed by atoms with Crippen molar-refractivity contribution in [2.45, 2.75) is 6.54 Å². The van der Waals surface area contributed by atoms with Crippen LogP contribution < -0.4 is 10.2 Å². The molecular formula is C17H17BrFN3O3. The standard InChI is InChI=1S/C17H17BrFN3O3/c18-13-5-4-12(16(10-13)21-6-8-25-9-7-21)11-20-15-3-1-2-14(19)17(15)22(23)24/h1-5,10,20H,6-9,11H2. The van der Waals surface area contributed by atoms with E-state index in [0.717, 1.165) is 34.9 Å². The Morgan fingerprint density at radius 3 is 2.76 bits per heavy atom. The zero-order valence-corrected chi connectivity index (χ0v) is 15.0. The molecule has 0 amide bonds. The van der Waals surface area contributed by atoms with Gasteiger partial charge in [-0.15, -0.1) is 0 Å². The average Bonchev–Trinajstić information content (AvgIpc) is 2.61. The SMILES string of the molecule is O=[N+]([O-])c1c(F)cccc1NCc1ccc(Br)cc1N1CCOCC1. The van der Waals surface area contributed by atoms with Crippen molar-refractivity contribution in [1.29, 1.82) is 0 Å². The topological polar surface area (TPSA) is 67.6 Å². The third-order valence-corrected chi connectivity index (χ3v) is 4.53. The van der Waals surface area contributed by atoms with E-state index in [-0.39, 0.29) is 5.69 Å². The summed E-state index contributed by atoms with van der Waals surface area (Å²) in [5, 5.41) is 14.1. The third kappa shape index (κ3) is 4.08. The fourth-order valence-corrected chi connectivity index (χ4v) is 3.17. The lowest BCUT2D eigenvalue weighted by Gasteiger charge is -2.31. The fraction of sp³-hybridized carbons (Fsp3) is 0.294. The number of anilines is 2. The van der Waals surface area contributed by atoms with E-state index in [4.69, 9.17) is 4.74 Å². The van der Waals surface area contributed by atoms with Crippen LogP contribution in [0.3, 0.4) is 0 Å². The zero-order valence-electron chi connectivity index (χ0n) is 13.4. The molecule has 2 aromatic rings. The minimum absolute atomic E-state index is 0.167. The molecule has 0 radical (unpaired) electrons. The maximum absolute atomic E-state index is 13.7. The Labute approximate surface area is 152 Å². The Morgan fingerprint density at radius 1 is 1.28 bits per heavy atom. The number of halogens is 2. The van der Waals surface area contributed by atoms with E-state index in [9.17, 15) is 14.5 Å². The lowest BCUT2D eigenvalue weighted by Crippen LogP contribution is -2.36. The molecule has 0 atom stereocenters.